The number of nitrogen functional groups attached to an aromatic ring is 1. The molecule has 0 aliphatic rings. The number of benzene rings is 2. The van der Waals surface area contributed by atoms with Crippen LogP contribution in [0.3, 0.4) is 0 Å². The summed E-state index contributed by atoms with van der Waals surface area (Å²) in [6.45, 7) is 4.35. The van der Waals surface area contributed by atoms with E-state index in [1.807, 2.05) is 13.8 Å². The molecule has 2 aromatic rings. The molecule has 26 heavy (non-hydrogen) atoms. The van der Waals surface area contributed by atoms with Gasteiger partial charge in [0.25, 0.3) is 5.91 Å². The van der Waals surface area contributed by atoms with Gasteiger partial charge in [0.05, 0.1) is 16.3 Å². The van der Waals surface area contributed by atoms with Gasteiger partial charge in [0, 0.05) is 31.9 Å². The van der Waals surface area contributed by atoms with E-state index in [0.717, 1.165) is 9.87 Å². The van der Waals surface area contributed by atoms with Gasteiger partial charge < -0.3 is 16.4 Å². The van der Waals surface area contributed by atoms with Crippen molar-refractivity contribution in [1.29, 1.82) is 0 Å². The average Bonchev–Trinajstić information content (AvgIpc) is 2.58. The van der Waals surface area contributed by atoms with Crippen molar-refractivity contribution in [1.82, 2.24) is 4.31 Å². The Morgan fingerprint density at radius 2 is 1.81 bits per heavy atom. The molecular weight excluding hydrogens is 352 g/mol. The van der Waals surface area contributed by atoms with Gasteiger partial charge in [0.1, 0.15) is 0 Å². The summed E-state index contributed by atoms with van der Waals surface area (Å²) in [4.78, 5) is 12.8. The lowest BCUT2D eigenvalue weighted by Gasteiger charge is -2.17. The lowest BCUT2D eigenvalue weighted by Crippen LogP contribution is -2.23. The third-order valence-corrected chi connectivity index (χ3v) is 5.70. The Hall–Kier alpha value is -2.58. The molecule has 0 aromatic heterocycles. The van der Waals surface area contributed by atoms with Crippen LogP contribution in [0.2, 0.25) is 0 Å². The molecule has 0 unspecified atom stereocenters. The van der Waals surface area contributed by atoms with Crippen LogP contribution < -0.4 is 16.4 Å². The van der Waals surface area contributed by atoms with Crippen molar-refractivity contribution >= 4 is 33.0 Å². The second kappa shape index (κ2) is 7.76. The smallest absolute Gasteiger partial charge is 0.256 e. The van der Waals surface area contributed by atoms with E-state index in [2.05, 4.69) is 10.6 Å². The van der Waals surface area contributed by atoms with Gasteiger partial charge in [-0.1, -0.05) is 6.07 Å². The SMILES string of the molecule is CCNc1ccc(S(=O)(=O)N(C)C)cc1NC(=O)c1cc(N)ccc1C. The normalized spacial score (nSPS) is 11.4. The quantitative estimate of drug-likeness (QED) is 0.672. The first-order valence-corrected chi connectivity index (χ1v) is 9.58. The summed E-state index contributed by atoms with van der Waals surface area (Å²) >= 11 is 0. The van der Waals surface area contributed by atoms with Crippen LogP contribution >= 0.6 is 0 Å². The summed E-state index contributed by atoms with van der Waals surface area (Å²) < 4.78 is 25.9. The summed E-state index contributed by atoms with van der Waals surface area (Å²) in [5.74, 6) is -0.353. The van der Waals surface area contributed by atoms with Gasteiger partial charge in [0.15, 0.2) is 0 Å². The first-order chi connectivity index (χ1) is 12.2. The van der Waals surface area contributed by atoms with Gasteiger partial charge >= 0.3 is 0 Å². The van der Waals surface area contributed by atoms with Crippen molar-refractivity contribution in [3.8, 4) is 0 Å². The van der Waals surface area contributed by atoms with E-state index in [-0.39, 0.29) is 10.8 Å². The van der Waals surface area contributed by atoms with Gasteiger partial charge in [-0.2, -0.15) is 0 Å². The Morgan fingerprint density at radius 3 is 2.42 bits per heavy atom. The van der Waals surface area contributed by atoms with Crippen molar-refractivity contribution in [2.24, 2.45) is 0 Å². The number of hydrogen-bond acceptors (Lipinski definition) is 5. The second-order valence-corrected chi connectivity index (χ2v) is 8.21. The van der Waals surface area contributed by atoms with Crippen LogP contribution in [0.4, 0.5) is 17.1 Å². The topological polar surface area (TPSA) is 105 Å². The monoisotopic (exact) mass is 376 g/mol. The summed E-state index contributed by atoms with van der Waals surface area (Å²) in [7, 11) is -0.692. The summed E-state index contributed by atoms with van der Waals surface area (Å²) in [5.41, 5.74) is 8.50. The lowest BCUT2D eigenvalue weighted by molar-refractivity contribution is 0.102. The molecule has 0 saturated carbocycles. The molecule has 2 aromatic carbocycles. The zero-order chi connectivity index (χ0) is 19.5. The second-order valence-electron chi connectivity index (χ2n) is 6.05. The number of nitrogens with zero attached hydrogens (tertiary/aromatic N) is 1. The van der Waals surface area contributed by atoms with Crippen LogP contribution in [0.25, 0.3) is 0 Å². The maximum Gasteiger partial charge on any atom is 0.256 e. The number of sulfonamides is 1. The first kappa shape index (κ1) is 19.7. The number of hydrogen-bond donors (Lipinski definition) is 3. The van der Waals surface area contributed by atoms with E-state index in [1.165, 1.54) is 26.2 Å². The molecule has 0 radical (unpaired) electrons. The van der Waals surface area contributed by atoms with Crippen LogP contribution in [0, 0.1) is 6.92 Å². The fraction of sp³-hybridized carbons (Fsp3) is 0.278. The van der Waals surface area contributed by atoms with Gasteiger partial charge in [-0.15, -0.1) is 0 Å². The van der Waals surface area contributed by atoms with Crippen molar-refractivity contribution < 1.29 is 13.2 Å². The molecule has 0 fully saturated rings. The molecule has 0 aliphatic carbocycles. The Morgan fingerprint density at radius 1 is 1.12 bits per heavy atom. The number of nitrogens with one attached hydrogen (secondary N) is 2. The van der Waals surface area contributed by atoms with Gasteiger partial charge in [0.2, 0.25) is 10.0 Å². The average molecular weight is 376 g/mol. The Kier molecular flexibility index (Phi) is 5.89. The van der Waals surface area contributed by atoms with E-state index in [0.29, 0.717) is 29.2 Å². The van der Waals surface area contributed by atoms with E-state index in [9.17, 15) is 13.2 Å². The lowest BCUT2D eigenvalue weighted by atomic mass is 10.1. The highest BCUT2D eigenvalue weighted by atomic mass is 32.2. The third kappa shape index (κ3) is 4.14. The molecule has 8 heteroatoms. The number of aryl methyl sites for hydroxylation is 1. The van der Waals surface area contributed by atoms with Crippen molar-refractivity contribution in [2.75, 3.05) is 37.0 Å². The zero-order valence-electron chi connectivity index (χ0n) is 15.3. The highest BCUT2D eigenvalue weighted by molar-refractivity contribution is 7.89. The minimum atomic E-state index is -3.61. The standard InChI is InChI=1S/C18H24N4O3S/c1-5-20-16-9-8-14(26(24,25)22(3)4)11-17(16)21-18(23)15-10-13(19)7-6-12(15)2/h6-11,20H,5,19H2,1-4H3,(H,21,23). The number of rotatable bonds is 6. The Labute approximate surface area is 154 Å². The number of carbonyl (C=O) groups is 1. The highest BCUT2D eigenvalue weighted by Crippen LogP contribution is 2.27. The molecule has 0 heterocycles. The predicted octanol–water partition coefficient (Wildman–Crippen LogP) is 2.51. The molecule has 1 amide bonds. The van der Waals surface area contributed by atoms with Crippen LogP contribution in [0.1, 0.15) is 22.8 Å². The number of nitrogens with two attached hydrogens (primary N) is 1. The van der Waals surface area contributed by atoms with E-state index in [1.54, 1.807) is 24.3 Å². The molecule has 0 spiro atoms. The maximum absolute atomic E-state index is 12.7. The Bertz CT molecular complexity index is 924. The fourth-order valence-electron chi connectivity index (χ4n) is 2.42. The zero-order valence-corrected chi connectivity index (χ0v) is 16.1. The molecule has 0 aliphatic heterocycles. The summed E-state index contributed by atoms with van der Waals surface area (Å²) in [6.07, 6.45) is 0. The summed E-state index contributed by atoms with van der Waals surface area (Å²) in [5, 5.41) is 5.91. The van der Waals surface area contributed by atoms with E-state index < -0.39 is 10.0 Å². The highest BCUT2D eigenvalue weighted by Gasteiger charge is 2.20. The minimum Gasteiger partial charge on any atom is -0.399 e. The predicted molar refractivity (Wildman–Crippen MR) is 105 cm³/mol. The maximum atomic E-state index is 12.7. The largest absolute Gasteiger partial charge is 0.399 e. The number of carbonyl (C=O) groups excluding carboxylic acids is 1. The summed E-state index contributed by atoms with van der Waals surface area (Å²) in [6, 6.07) is 9.68. The van der Waals surface area contributed by atoms with Crippen LogP contribution in [-0.4, -0.2) is 39.3 Å². The van der Waals surface area contributed by atoms with Crippen molar-refractivity contribution in [3.63, 3.8) is 0 Å². The first-order valence-electron chi connectivity index (χ1n) is 8.14. The van der Waals surface area contributed by atoms with Crippen molar-refractivity contribution in [2.45, 2.75) is 18.7 Å². The fourth-order valence-corrected chi connectivity index (χ4v) is 3.34. The number of amides is 1. The van der Waals surface area contributed by atoms with Crippen LogP contribution in [0.15, 0.2) is 41.3 Å². The van der Waals surface area contributed by atoms with Crippen LogP contribution in [-0.2, 0) is 10.0 Å². The molecule has 0 saturated heterocycles. The third-order valence-electron chi connectivity index (χ3n) is 3.89. The molecule has 7 nitrogen and oxygen atoms in total. The molecule has 140 valence electrons. The molecular formula is C18H24N4O3S. The van der Waals surface area contributed by atoms with Gasteiger partial charge in [-0.25, -0.2) is 12.7 Å². The molecule has 0 atom stereocenters. The van der Waals surface area contributed by atoms with Crippen molar-refractivity contribution in [3.05, 3.63) is 47.5 Å². The Balaban J connectivity index is 2.46. The van der Waals surface area contributed by atoms with E-state index in [4.69, 9.17) is 5.73 Å². The molecule has 2 rings (SSSR count). The van der Waals surface area contributed by atoms with Gasteiger partial charge in [-0.3, -0.25) is 4.79 Å². The number of anilines is 3. The van der Waals surface area contributed by atoms with Gasteiger partial charge in [-0.05, 0) is 49.7 Å². The minimum absolute atomic E-state index is 0.101. The van der Waals surface area contributed by atoms with E-state index >= 15 is 0 Å². The molecule has 0 bridgehead atoms. The van der Waals surface area contributed by atoms with Crippen LogP contribution in [0.5, 0.6) is 0 Å². The molecule has 4 N–H and O–H groups in total.